The number of carbonyl (C=O) groups excluding carboxylic acids is 1. The van der Waals surface area contributed by atoms with Gasteiger partial charge in [0.25, 0.3) is 0 Å². The highest BCUT2D eigenvalue weighted by Gasteiger charge is 2.50. The van der Waals surface area contributed by atoms with Crippen molar-refractivity contribution >= 4 is 5.97 Å². The topological polar surface area (TPSA) is 29.5 Å². The van der Waals surface area contributed by atoms with Crippen LogP contribution in [0.1, 0.15) is 20.3 Å². The van der Waals surface area contributed by atoms with E-state index in [1.54, 1.807) is 6.92 Å². The number of piperidine rings is 1. The fourth-order valence-electron chi connectivity index (χ4n) is 2.42. The van der Waals surface area contributed by atoms with Crippen LogP contribution in [0.2, 0.25) is 0 Å². The highest BCUT2D eigenvalue weighted by Crippen LogP contribution is 2.40. The molecule has 0 amide bonds. The van der Waals surface area contributed by atoms with Crippen LogP contribution < -0.4 is 0 Å². The van der Waals surface area contributed by atoms with Gasteiger partial charge in [-0.15, -0.1) is 0 Å². The fourth-order valence-corrected chi connectivity index (χ4v) is 2.42. The summed E-state index contributed by atoms with van der Waals surface area (Å²) in [6.45, 7) is 5.28. The lowest BCUT2D eigenvalue weighted by Gasteiger charge is -2.43. The lowest BCUT2D eigenvalue weighted by atomic mass is 9.72. The fraction of sp³-hybridized carbons (Fsp3) is 0.909. The third kappa shape index (κ3) is 2.34. The summed E-state index contributed by atoms with van der Waals surface area (Å²) in [4.78, 5) is 13.7. The number of hydrogen-bond acceptors (Lipinski definition) is 3. The summed E-state index contributed by atoms with van der Waals surface area (Å²) in [5, 5.41) is 0. The Morgan fingerprint density at radius 1 is 1.62 bits per heavy atom. The van der Waals surface area contributed by atoms with Gasteiger partial charge < -0.3 is 9.64 Å². The summed E-state index contributed by atoms with van der Waals surface area (Å²) in [5.74, 6) is -1.43. The van der Waals surface area contributed by atoms with Crippen LogP contribution in [0.25, 0.3) is 0 Å². The molecule has 16 heavy (non-hydrogen) atoms. The van der Waals surface area contributed by atoms with Crippen molar-refractivity contribution in [3.05, 3.63) is 0 Å². The van der Waals surface area contributed by atoms with Crippen molar-refractivity contribution in [2.24, 2.45) is 11.3 Å². The molecule has 3 nitrogen and oxygen atoms in total. The molecule has 1 saturated heterocycles. The zero-order valence-corrected chi connectivity index (χ0v) is 10.0. The molecular formula is C11H19F2NO2. The molecule has 0 aromatic carbocycles. The van der Waals surface area contributed by atoms with Crippen molar-refractivity contribution in [2.45, 2.75) is 26.7 Å². The molecule has 2 unspecified atom stereocenters. The Hall–Kier alpha value is -0.710. The molecule has 2 atom stereocenters. The smallest absolute Gasteiger partial charge is 0.313 e. The molecule has 5 heteroatoms. The highest BCUT2D eigenvalue weighted by atomic mass is 19.3. The number of carbonyl (C=O) groups is 1. The molecule has 0 spiro atoms. The van der Waals surface area contributed by atoms with E-state index >= 15 is 0 Å². The van der Waals surface area contributed by atoms with E-state index in [0.717, 1.165) is 6.54 Å². The second-order valence-corrected chi connectivity index (χ2v) is 4.51. The molecule has 1 rings (SSSR count). The molecule has 0 N–H and O–H groups in total. The Morgan fingerprint density at radius 3 is 2.69 bits per heavy atom. The lowest BCUT2D eigenvalue weighted by molar-refractivity contribution is -0.166. The molecule has 0 aromatic rings. The number of nitrogens with zero attached hydrogens (tertiary/aromatic N) is 1. The van der Waals surface area contributed by atoms with Crippen LogP contribution in [-0.2, 0) is 9.53 Å². The quantitative estimate of drug-likeness (QED) is 0.698. The van der Waals surface area contributed by atoms with Crippen molar-refractivity contribution < 1.29 is 18.3 Å². The number of likely N-dealkylation sites (tertiary alicyclic amines) is 1. The highest BCUT2D eigenvalue weighted by molar-refractivity contribution is 5.77. The van der Waals surface area contributed by atoms with E-state index in [1.807, 2.05) is 11.8 Å². The van der Waals surface area contributed by atoms with Gasteiger partial charge in [-0.25, -0.2) is 8.78 Å². The summed E-state index contributed by atoms with van der Waals surface area (Å²) in [5.41, 5.74) is -1.09. The van der Waals surface area contributed by atoms with Crippen molar-refractivity contribution in [1.29, 1.82) is 0 Å². The van der Waals surface area contributed by atoms with E-state index in [4.69, 9.17) is 0 Å². The third-order valence-corrected chi connectivity index (χ3v) is 3.53. The van der Waals surface area contributed by atoms with Crippen LogP contribution in [0.4, 0.5) is 8.78 Å². The molecule has 0 radical (unpaired) electrons. The maximum atomic E-state index is 12.9. The van der Waals surface area contributed by atoms with Crippen molar-refractivity contribution in [3.8, 4) is 0 Å². The van der Waals surface area contributed by atoms with Gasteiger partial charge >= 0.3 is 5.97 Å². The van der Waals surface area contributed by atoms with Crippen LogP contribution in [0.5, 0.6) is 0 Å². The van der Waals surface area contributed by atoms with E-state index in [-0.39, 0.29) is 0 Å². The zero-order valence-electron chi connectivity index (χ0n) is 10.0. The molecule has 1 heterocycles. The molecule has 94 valence electrons. The maximum Gasteiger partial charge on any atom is 0.313 e. The molecule has 0 aliphatic carbocycles. The first-order chi connectivity index (χ1) is 7.45. The van der Waals surface area contributed by atoms with E-state index < -0.39 is 23.7 Å². The number of ether oxygens (including phenoxy) is 1. The third-order valence-electron chi connectivity index (χ3n) is 3.53. The van der Waals surface area contributed by atoms with Crippen LogP contribution in [0.15, 0.2) is 0 Å². The van der Waals surface area contributed by atoms with Crippen LogP contribution in [0, 0.1) is 11.3 Å². The van der Waals surface area contributed by atoms with Crippen molar-refractivity contribution in [1.82, 2.24) is 4.90 Å². The second kappa shape index (κ2) is 5.08. The number of alkyl halides is 2. The first kappa shape index (κ1) is 13.4. The second-order valence-electron chi connectivity index (χ2n) is 4.51. The van der Waals surface area contributed by atoms with Gasteiger partial charge in [0.05, 0.1) is 12.5 Å². The molecule has 0 saturated carbocycles. The minimum Gasteiger partial charge on any atom is -0.469 e. The standard InChI is InChI=1S/C11H19F2NO2/c1-4-14-6-5-8(9(12)13)11(2,7-14)10(15)16-3/h8-9H,4-7H2,1-3H3. The van der Waals surface area contributed by atoms with Gasteiger partial charge in [0.15, 0.2) is 0 Å². The minimum atomic E-state index is -2.47. The first-order valence-corrected chi connectivity index (χ1v) is 5.54. The predicted molar refractivity (Wildman–Crippen MR) is 56.3 cm³/mol. The van der Waals surface area contributed by atoms with Crippen molar-refractivity contribution in [3.63, 3.8) is 0 Å². The van der Waals surface area contributed by atoms with Gasteiger partial charge in [0.1, 0.15) is 0 Å². The maximum absolute atomic E-state index is 12.9. The molecular weight excluding hydrogens is 216 g/mol. The molecule has 1 aliphatic heterocycles. The summed E-state index contributed by atoms with van der Waals surface area (Å²) in [6.07, 6.45) is -2.12. The van der Waals surface area contributed by atoms with Gasteiger partial charge in [0.2, 0.25) is 6.43 Å². The summed E-state index contributed by atoms with van der Waals surface area (Å²) >= 11 is 0. The van der Waals surface area contributed by atoms with E-state index in [0.29, 0.717) is 19.5 Å². The Morgan fingerprint density at radius 2 is 2.25 bits per heavy atom. The van der Waals surface area contributed by atoms with E-state index in [9.17, 15) is 13.6 Å². The Balaban J connectivity index is 2.90. The van der Waals surface area contributed by atoms with Gasteiger partial charge in [0, 0.05) is 12.5 Å². The number of methoxy groups -OCH3 is 1. The van der Waals surface area contributed by atoms with Gasteiger partial charge in [-0.3, -0.25) is 4.79 Å². The first-order valence-electron chi connectivity index (χ1n) is 5.54. The van der Waals surface area contributed by atoms with Gasteiger partial charge in [-0.2, -0.15) is 0 Å². The molecule has 0 bridgehead atoms. The van der Waals surface area contributed by atoms with Gasteiger partial charge in [-0.1, -0.05) is 6.92 Å². The Bertz CT molecular complexity index is 260. The minimum absolute atomic E-state index is 0.344. The summed E-state index contributed by atoms with van der Waals surface area (Å²) < 4.78 is 30.5. The summed E-state index contributed by atoms with van der Waals surface area (Å²) in [7, 11) is 1.25. The number of rotatable bonds is 3. The summed E-state index contributed by atoms with van der Waals surface area (Å²) in [6, 6.07) is 0. The normalized spacial score (nSPS) is 31.8. The molecule has 1 fully saturated rings. The van der Waals surface area contributed by atoms with Crippen LogP contribution in [0.3, 0.4) is 0 Å². The number of hydrogen-bond donors (Lipinski definition) is 0. The average Bonchev–Trinajstić information content (AvgIpc) is 2.27. The number of esters is 1. The predicted octanol–water partition coefficient (Wildman–Crippen LogP) is 1.77. The lowest BCUT2D eigenvalue weighted by Crippen LogP contribution is -2.53. The molecule has 1 aliphatic rings. The Kier molecular flexibility index (Phi) is 4.24. The SMILES string of the molecule is CCN1CCC(C(F)F)C(C)(C(=O)OC)C1. The monoisotopic (exact) mass is 235 g/mol. The number of halogens is 2. The zero-order chi connectivity index (χ0) is 12.3. The molecule has 0 aromatic heterocycles. The van der Waals surface area contributed by atoms with E-state index in [2.05, 4.69) is 4.74 Å². The van der Waals surface area contributed by atoms with Crippen LogP contribution >= 0.6 is 0 Å². The Labute approximate surface area is 94.7 Å². The largest absolute Gasteiger partial charge is 0.469 e. The van der Waals surface area contributed by atoms with E-state index in [1.165, 1.54) is 7.11 Å². The average molecular weight is 235 g/mol. The van der Waals surface area contributed by atoms with Gasteiger partial charge in [-0.05, 0) is 26.4 Å². The van der Waals surface area contributed by atoms with Crippen molar-refractivity contribution in [2.75, 3.05) is 26.7 Å². The van der Waals surface area contributed by atoms with Crippen LogP contribution in [-0.4, -0.2) is 44.0 Å².